The number of aryl methyl sites for hydroxylation is 2. The zero-order valence-electron chi connectivity index (χ0n) is 14.2. The fourth-order valence-electron chi connectivity index (χ4n) is 3.20. The second-order valence-electron chi connectivity index (χ2n) is 6.44. The van der Waals surface area contributed by atoms with Crippen LogP contribution in [0.3, 0.4) is 0 Å². The third-order valence-corrected chi connectivity index (χ3v) is 4.45. The monoisotopic (exact) mass is 320 g/mol. The van der Waals surface area contributed by atoms with Crippen molar-refractivity contribution in [1.82, 2.24) is 23.6 Å². The second-order valence-corrected chi connectivity index (χ2v) is 6.44. The van der Waals surface area contributed by atoms with Crippen LogP contribution in [0.15, 0.2) is 9.59 Å². The first kappa shape index (κ1) is 15.8. The molecule has 0 fully saturated rings. The van der Waals surface area contributed by atoms with Crippen molar-refractivity contribution < 1.29 is 0 Å². The van der Waals surface area contributed by atoms with Crippen molar-refractivity contribution in [2.24, 2.45) is 14.1 Å². The van der Waals surface area contributed by atoms with E-state index in [-0.39, 0.29) is 11.2 Å². The van der Waals surface area contributed by atoms with Crippen LogP contribution in [0, 0.1) is 0 Å². The molecule has 1 aliphatic heterocycles. The summed E-state index contributed by atoms with van der Waals surface area (Å²) < 4.78 is 4.58. The topological polar surface area (TPSA) is 68.3 Å². The first-order valence-electron chi connectivity index (χ1n) is 7.97. The van der Waals surface area contributed by atoms with Crippen molar-refractivity contribution >= 4 is 17.1 Å². The lowest BCUT2D eigenvalue weighted by Crippen LogP contribution is -2.38. The van der Waals surface area contributed by atoms with Gasteiger partial charge in [0.1, 0.15) is 0 Å². The molecule has 1 aliphatic rings. The summed E-state index contributed by atoms with van der Waals surface area (Å²) in [6.45, 7) is 3.61. The number of fused-ring (bicyclic) bond motifs is 3. The van der Waals surface area contributed by atoms with Gasteiger partial charge in [-0.25, -0.2) is 4.79 Å². The van der Waals surface area contributed by atoms with E-state index in [2.05, 4.69) is 28.9 Å². The first-order valence-corrected chi connectivity index (χ1v) is 7.97. The van der Waals surface area contributed by atoms with Crippen LogP contribution >= 0.6 is 0 Å². The summed E-state index contributed by atoms with van der Waals surface area (Å²) in [6, 6.07) is 0. The van der Waals surface area contributed by atoms with Gasteiger partial charge in [0.25, 0.3) is 5.56 Å². The van der Waals surface area contributed by atoms with Gasteiger partial charge < -0.3 is 14.4 Å². The summed E-state index contributed by atoms with van der Waals surface area (Å²) in [6.07, 6.45) is 2.01. The highest BCUT2D eigenvalue weighted by Crippen LogP contribution is 2.24. The van der Waals surface area contributed by atoms with E-state index in [0.29, 0.717) is 11.2 Å². The average molecular weight is 320 g/mol. The summed E-state index contributed by atoms with van der Waals surface area (Å²) in [5.74, 6) is 0.809. The maximum absolute atomic E-state index is 12.5. The molecular formula is C15H24N6O2. The molecule has 0 unspecified atom stereocenters. The minimum absolute atomic E-state index is 0.267. The van der Waals surface area contributed by atoms with E-state index in [1.54, 1.807) is 7.05 Å². The number of nitrogens with zero attached hydrogens (tertiary/aromatic N) is 6. The van der Waals surface area contributed by atoms with Gasteiger partial charge in [-0.05, 0) is 33.5 Å². The molecule has 8 heteroatoms. The van der Waals surface area contributed by atoms with E-state index in [1.165, 1.54) is 11.6 Å². The average Bonchev–Trinajstić information content (AvgIpc) is 2.91. The van der Waals surface area contributed by atoms with Crippen LogP contribution in [0.4, 0.5) is 5.95 Å². The Morgan fingerprint density at radius 1 is 1.13 bits per heavy atom. The lowest BCUT2D eigenvalue weighted by Gasteiger charge is -2.29. The highest BCUT2D eigenvalue weighted by Gasteiger charge is 2.25. The molecule has 126 valence electrons. The molecule has 23 heavy (non-hydrogen) atoms. The normalized spacial score (nSPS) is 14.7. The van der Waals surface area contributed by atoms with E-state index in [0.717, 1.165) is 49.5 Å². The SMILES string of the molecule is CN(C)CCCN1CCCn2c1nc1c2c(=O)n(C)c(=O)n1C. The Hall–Kier alpha value is -2.09. The summed E-state index contributed by atoms with van der Waals surface area (Å²) in [5.41, 5.74) is 0.406. The van der Waals surface area contributed by atoms with Gasteiger partial charge in [-0.2, -0.15) is 4.98 Å². The minimum Gasteiger partial charge on any atom is -0.342 e. The maximum Gasteiger partial charge on any atom is 0.332 e. The quantitative estimate of drug-likeness (QED) is 0.766. The van der Waals surface area contributed by atoms with Gasteiger partial charge in [-0.15, -0.1) is 0 Å². The van der Waals surface area contributed by atoms with Gasteiger partial charge in [0.05, 0.1) is 0 Å². The number of hydrogen-bond acceptors (Lipinski definition) is 5. The molecule has 2 aromatic rings. The van der Waals surface area contributed by atoms with Gasteiger partial charge in [0, 0.05) is 33.7 Å². The maximum atomic E-state index is 12.5. The predicted octanol–water partition coefficient (Wildman–Crippen LogP) is -0.404. The smallest absolute Gasteiger partial charge is 0.332 e. The molecule has 0 bridgehead atoms. The van der Waals surface area contributed by atoms with Gasteiger partial charge in [0.2, 0.25) is 5.95 Å². The molecule has 0 amide bonds. The highest BCUT2D eigenvalue weighted by molar-refractivity contribution is 5.74. The Bertz CT molecular complexity index is 844. The lowest BCUT2D eigenvalue weighted by atomic mass is 10.3. The number of imidazole rings is 1. The van der Waals surface area contributed by atoms with E-state index in [9.17, 15) is 9.59 Å². The highest BCUT2D eigenvalue weighted by atomic mass is 16.2. The number of rotatable bonds is 4. The molecule has 0 N–H and O–H groups in total. The summed E-state index contributed by atoms with van der Waals surface area (Å²) in [7, 11) is 7.30. The van der Waals surface area contributed by atoms with Crippen molar-refractivity contribution in [3.05, 3.63) is 20.8 Å². The van der Waals surface area contributed by atoms with E-state index in [4.69, 9.17) is 0 Å². The Balaban J connectivity index is 2.08. The second kappa shape index (κ2) is 5.84. The number of anilines is 1. The molecule has 0 saturated carbocycles. The van der Waals surface area contributed by atoms with Crippen LogP contribution in [-0.4, -0.2) is 57.3 Å². The van der Waals surface area contributed by atoms with Gasteiger partial charge in [-0.1, -0.05) is 0 Å². The first-order chi connectivity index (χ1) is 10.9. The van der Waals surface area contributed by atoms with Crippen molar-refractivity contribution in [2.75, 3.05) is 38.6 Å². The molecule has 0 atom stereocenters. The Labute approximate surface area is 134 Å². The summed E-state index contributed by atoms with van der Waals surface area (Å²) >= 11 is 0. The van der Waals surface area contributed by atoms with Crippen molar-refractivity contribution in [3.8, 4) is 0 Å². The summed E-state index contributed by atoms with van der Waals surface area (Å²) in [5, 5.41) is 0. The molecule has 3 rings (SSSR count). The van der Waals surface area contributed by atoms with E-state index < -0.39 is 0 Å². The van der Waals surface area contributed by atoms with Crippen molar-refractivity contribution in [3.63, 3.8) is 0 Å². The fourth-order valence-corrected chi connectivity index (χ4v) is 3.20. The standard InChI is InChI=1S/C15H24N6O2/c1-17(2)7-5-8-20-9-6-10-21-11-12(16-14(20)21)18(3)15(23)19(4)13(11)22/h5-10H2,1-4H3. The zero-order valence-corrected chi connectivity index (χ0v) is 14.2. The Morgan fingerprint density at radius 3 is 2.57 bits per heavy atom. The van der Waals surface area contributed by atoms with Crippen LogP contribution < -0.4 is 16.1 Å². The summed E-state index contributed by atoms with van der Waals surface area (Å²) in [4.78, 5) is 33.6. The van der Waals surface area contributed by atoms with Crippen LogP contribution in [0.1, 0.15) is 12.8 Å². The molecule has 0 spiro atoms. The van der Waals surface area contributed by atoms with Crippen LogP contribution in [0.2, 0.25) is 0 Å². The third kappa shape index (κ3) is 2.56. The largest absolute Gasteiger partial charge is 0.342 e. The predicted molar refractivity (Wildman–Crippen MR) is 90.2 cm³/mol. The lowest BCUT2D eigenvalue weighted by molar-refractivity contribution is 0.397. The molecule has 0 aliphatic carbocycles. The molecule has 8 nitrogen and oxygen atoms in total. The Morgan fingerprint density at radius 2 is 1.87 bits per heavy atom. The Kier molecular flexibility index (Phi) is 4.01. The van der Waals surface area contributed by atoms with E-state index in [1.807, 2.05) is 4.57 Å². The third-order valence-electron chi connectivity index (χ3n) is 4.45. The molecule has 0 radical (unpaired) electrons. The van der Waals surface area contributed by atoms with E-state index >= 15 is 0 Å². The minimum atomic E-state index is -0.336. The van der Waals surface area contributed by atoms with Crippen LogP contribution in [0.5, 0.6) is 0 Å². The van der Waals surface area contributed by atoms with Crippen LogP contribution in [0.25, 0.3) is 11.2 Å². The molecule has 0 aromatic carbocycles. The molecular weight excluding hydrogens is 296 g/mol. The fraction of sp³-hybridized carbons (Fsp3) is 0.667. The van der Waals surface area contributed by atoms with Crippen molar-refractivity contribution in [2.45, 2.75) is 19.4 Å². The molecule has 0 saturated heterocycles. The zero-order chi connectivity index (χ0) is 16.7. The number of aromatic nitrogens is 4. The van der Waals surface area contributed by atoms with Crippen molar-refractivity contribution in [1.29, 1.82) is 0 Å². The molecule has 3 heterocycles. The van der Waals surface area contributed by atoms with Crippen LogP contribution in [-0.2, 0) is 20.6 Å². The van der Waals surface area contributed by atoms with Gasteiger partial charge in [0.15, 0.2) is 11.2 Å². The molecule has 2 aromatic heterocycles. The number of hydrogen-bond donors (Lipinski definition) is 0. The van der Waals surface area contributed by atoms with Gasteiger partial charge >= 0.3 is 5.69 Å². The van der Waals surface area contributed by atoms with Gasteiger partial charge in [-0.3, -0.25) is 13.9 Å².